The van der Waals surface area contributed by atoms with Gasteiger partial charge in [0.1, 0.15) is 6.10 Å². The van der Waals surface area contributed by atoms with E-state index in [0.29, 0.717) is 12.8 Å². The summed E-state index contributed by atoms with van der Waals surface area (Å²) in [6.45, 7) is 4.19. The van der Waals surface area contributed by atoms with Gasteiger partial charge in [0.2, 0.25) is 5.91 Å². The summed E-state index contributed by atoms with van der Waals surface area (Å²) in [6, 6.07) is -0.711. The summed E-state index contributed by atoms with van der Waals surface area (Å²) >= 11 is 0. The van der Waals surface area contributed by atoms with Crippen LogP contribution in [0.1, 0.15) is 200 Å². The smallest absolute Gasteiger partial charge is 0.249 e. The summed E-state index contributed by atoms with van der Waals surface area (Å²) in [5, 5.41) is 33.1. The minimum absolute atomic E-state index is 0.315. The third-order valence-electron chi connectivity index (χ3n) is 8.88. The molecule has 0 aromatic carbocycles. The number of carbonyl (C=O) groups excluding carboxylic acids is 1. The fraction of sp³-hybridized carbons (Fsp3) is 0.921. The van der Waals surface area contributed by atoms with Gasteiger partial charge in [-0.25, -0.2) is 0 Å². The maximum absolute atomic E-state index is 12.4. The second-order valence-corrected chi connectivity index (χ2v) is 13.1. The zero-order chi connectivity index (χ0) is 31.6. The zero-order valence-corrected chi connectivity index (χ0v) is 28.8. The van der Waals surface area contributed by atoms with Crippen LogP contribution in [0.25, 0.3) is 0 Å². The molecule has 5 heteroatoms. The number of amides is 1. The molecule has 0 aromatic heterocycles. The van der Waals surface area contributed by atoms with E-state index in [1.807, 2.05) is 0 Å². The lowest BCUT2D eigenvalue weighted by Crippen LogP contribution is -2.49. The van der Waals surface area contributed by atoms with Crippen LogP contribution in [0.5, 0.6) is 0 Å². The van der Waals surface area contributed by atoms with Crippen LogP contribution in [0.15, 0.2) is 12.2 Å². The van der Waals surface area contributed by atoms with Crippen molar-refractivity contribution in [2.24, 2.45) is 0 Å². The Balaban J connectivity index is 3.65. The summed E-state index contributed by atoms with van der Waals surface area (Å²) < 4.78 is 0. The van der Waals surface area contributed by atoms with Gasteiger partial charge >= 0.3 is 0 Å². The molecule has 0 aliphatic rings. The third-order valence-corrected chi connectivity index (χ3v) is 8.88. The van der Waals surface area contributed by atoms with Crippen molar-refractivity contribution in [3.63, 3.8) is 0 Å². The molecule has 4 N–H and O–H groups in total. The third kappa shape index (κ3) is 29.6. The van der Waals surface area contributed by atoms with E-state index in [1.54, 1.807) is 0 Å². The Bertz CT molecular complexity index is 596. The monoisotopic (exact) mass is 610 g/mol. The lowest BCUT2D eigenvalue weighted by atomic mass is 10.0. The predicted octanol–water partition coefficient (Wildman–Crippen LogP) is 10.1. The van der Waals surface area contributed by atoms with Crippen molar-refractivity contribution < 1.29 is 20.1 Å². The van der Waals surface area contributed by atoms with Crippen LogP contribution in [-0.2, 0) is 4.79 Å². The summed E-state index contributed by atoms with van der Waals surface area (Å²) in [6.07, 6.45) is 37.7. The van der Waals surface area contributed by atoms with Gasteiger partial charge in [-0.1, -0.05) is 174 Å². The van der Waals surface area contributed by atoms with Crippen LogP contribution in [0.2, 0.25) is 0 Å². The van der Waals surface area contributed by atoms with E-state index in [1.165, 1.54) is 128 Å². The molecule has 43 heavy (non-hydrogen) atoms. The van der Waals surface area contributed by atoms with E-state index < -0.39 is 24.2 Å². The van der Waals surface area contributed by atoms with Crippen LogP contribution in [-0.4, -0.2) is 46.1 Å². The maximum atomic E-state index is 12.4. The fourth-order valence-electron chi connectivity index (χ4n) is 5.83. The molecule has 0 heterocycles. The van der Waals surface area contributed by atoms with Gasteiger partial charge < -0.3 is 20.6 Å². The molecule has 0 rings (SSSR count). The van der Waals surface area contributed by atoms with Crippen molar-refractivity contribution in [2.45, 2.75) is 218 Å². The van der Waals surface area contributed by atoms with Gasteiger partial charge in [0, 0.05) is 0 Å². The number of carbonyl (C=O) groups is 1. The lowest BCUT2D eigenvalue weighted by molar-refractivity contribution is -0.131. The Morgan fingerprint density at radius 3 is 1.33 bits per heavy atom. The molecule has 0 aliphatic heterocycles. The van der Waals surface area contributed by atoms with Crippen LogP contribution in [0.4, 0.5) is 0 Å². The average Bonchev–Trinajstić information content (AvgIpc) is 3.01. The largest absolute Gasteiger partial charge is 0.394 e. The first-order valence-corrected chi connectivity index (χ1v) is 19.0. The van der Waals surface area contributed by atoms with Gasteiger partial charge in [0.15, 0.2) is 0 Å². The second kappa shape index (κ2) is 34.0. The highest BCUT2D eigenvalue weighted by Gasteiger charge is 2.23. The van der Waals surface area contributed by atoms with Crippen LogP contribution >= 0.6 is 0 Å². The summed E-state index contributed by atoms with van der Waals surface area (Å²) in [4.78, 5) is 12.4. The highest BCUT2D eigenvalue weighted by molar-refractivity contribution is 5.80. The molecular weight excluding hydrogens is 534 g/mol. The van der Waals surface area contributed by atoms with E-state index in [9.17, 15) is 20.1 Å². The number of aliphatic hydroxyl groups excluding tert-OH is 3. The minimum Gasteiger partial charge on any atom is -0.394 e. The van der Waals surface area contributed by atoms with E-state index in [2.05, 4.69) is 31.3 Å². The van der Waals surface area contributed by atoms with E-state index in [4.69, 9.17) is 0 Å². The second-order valence-electron chi connectivity index (χ2n) is 13.1. The lowest BCUT2D eigenvalue weighted by Gasteiger charge is -2.23. The van der Waals surface area contributed by atoms with Crippen molar-refractivity contribution in [1.29, 1.82) is 0 Å². The maximum Gasteiger partial charge on any atom is 0.249 e. The van der Waals surface area contributed by atoms with Gasteiger partial charge in [-0.15, -0.1) is 0 Å². The fourth-order valence-corrected chi connectivity index (χ4v) is 5.83. The summed E-state index contributed by atoms with van der Waals surface area (Å²) in [5.74, 6) is -0.481. The highest BCUT2D eigenvalue weighted by atomic mass is 16.3. The molecule has 0 spiro atoms. The van der Waals surface area contributed by atoms with E-state index in [0.717, 1.165) is 44.9 Å². The van der Waals surface area contributed by atoms with Crippen LogP contribution in [0, 0.1) is 0 Å². The number of nitrogens with one attached hydrogen (secondary N) is 1. The number of hydrogen-bond donors (Lipinski definition) is 4. The number of unbranched alkanes of at least 4 members (excludes halogenated alkanes) is 24. The van der Waals surface area contributed by atoms with Gasteiger partial charge in [-0.2, -0.15) is 0 Å². The first-order valence-electron chi connectivity index (χ1n) is 19.0. The van der Waals surface area contributed by atoms with E-state index >= 15 is 0 Å². The first-order chi connectivity index (χ1) is 21.1. The highest BCUT2D eigenvalue weighted by Crippen LogP contribution is 2.16. The summed E-state index contributed by atoms with van der Waals surface area (Å²) in [7, 11) is 0. The number of allylic oxidation sites excluding steroid dienone is 2. The topological polar surface area (TPSA) is 89.8 Å². The molecule has 0 saturated heterocycles. The van der Waals surface area contributed by atoms with Gasteiger partial charge in [-0.05, 0) is 38.5 Å². The molecule has 3 unspecified atom stereocenters. The first kappa shape index (κ1) is 42.1. The van der Waals surface area contributed by atoms with Gasteiger partial charge in [0.05, 0.1) is 18.8 Å². The number of hydrogen-bond acceptors (Lipinski definition) is 4. The molecule has 0 fully saturated rings. The molecule has 0 saturated carbocycles. The van der Waals surface area contributed by atoms with Crippen molar-refractivity contribution in [3.05, 3.63) is 12.2 Å². The molecular formula is C38H75NO4. The Labute approximate surface area is 268 Å². The van der Waals surface area contributed by atoms with Gasteiger partial charge in [0.25, 0.3) is 0 Å². The van der Waals surface area contributed by atoms with Crippen molar-refractivity contribution in [1.82, 2.24) is 5.32 Å². The molecule has 3 atom stereocenters. The normalized spacial score (nSPS) is 13.9. The SMILES string of the molecule is CCCCC/C=C\CCCCCCC(O)C(=O)NC(CO)C(O)CCCCCCCCCCCCCCCCCCCC. The molecule has 1 amide bonds. The van der Waals surface area contributed by atoms with Crippen LogP contribution in [0.3, 0.4) is 0 Å². The Hall–Kier alpha value is -0.910. The predicted molar refractivity (Wildman–Crippen MR) is 185 cm³/mol. The minimum atomic E-state index is -1.08. The van der Waals surface area contributed by atoms with Crippen molar-refractivity contribution >= 4 is 5.91 Å². The molecule has 0 aromatic rings. The molecule has 0 radical (unpaired) electrons. The average molecular weight is 610 g/mol. The summed E-state index contributed by atoms with van der Waals surface area (Å²) in [5.41, 5.74) is 0. The van der Waals surface area contributed by atoms with Gasteiger partial charge in [-0.3, -0.25) is 4.79 Å². The molecule has 0 bridgehead atoms. The Morgan fingerprint density at radius 1 is 0.535 bits per heavy atom. The zero-order valence-electron chi connectivity index (χ0n) is 28.8. The Morgan fingerprint density at radius 2 is 0.884 bits per heavy atom. The number of rotatable bonds is 34. The molecule has 256 valence electrons. The quantitative estimate of drug-likeness (QED) is 0.0432. The van der Waals surface area contributed by atoms with Crippen molar-refractivity contribution in [2.75, 3.05) is 6.61 Å². The number of aliphatic hydroxyl groups is 3. The van der Waals surface area contributed by atoms with Crippen LogP contribution < -0.4 is 5.32 Å². The van der Waals surface area contributed by atoms with E-state index in [-0.39, 0.29) is 6.61 Å². The Kier molecular flexibility index (Phi) is 33.3. The standard InChI is InChI=1S/C38H75NO4/c1-3-5-7-9-11-13-15-16-17-18-19-20-21-23-24-26-28-30-32-36(41)35(34-40)39-38(43)37(42)33-31-29-27-25-22-14-12-10-8-6-4-2/h12,14,35-37,40-42H,3-11,13,15-34H2,1-2H3,(H,39,43)/b14-12-. The molecule has 5 nitrogen and oxygen atoms in total. The molecule has 0 aliphatic carbocycles. The van der Waals surface area contributed by atoms with Crippen molar-refractivity contribution in [3.8, 4) is 0 Å².